The molecule has 48 valence electrons. The molecule has 2 nitrogen and oxygen atoms in total. The van der Waals surface area contributed by atoms with Crippen molar-refractivity contribution in [1.29, 1.82) is 0 Å². The van der Waals surface area contributed by atoms with Crippen LogP contribution in [0.1, 0.15) is 9.67 Å². The van der Waals surface area contributed by atoms with Gasteiger partial charge in [0.1, 0.15) is 0 Å². The Hall–Kier alpha value is -0.410. The maximum Gasteiger partial charge on any atom is 0.189 e. The van der Waals surface area contributed by atoms with Crippen molar-refractivity contribution < 1.29 is 4.79 Å². The van der Waals surface area contributed by atoms with Crippen molar-refractivity contribution in [2.24, 2.45) is 0 Å². The number of Topliss-reactive ketones (excluding diaryl/α,β-unsaturated/α-hetero) is 1. The highest BCUT2D eigenvalue weighted by Gasteiger charge is 2.03. The molecule has 0 aliphatic heterocycles. The van der Waals surface area contributed by atoms with Crippen LogP contribution in [0.25, 0.3) is 0 Å². The van der Waals surface area contributed by atoms with Gasteiger partial charge in [0.05, 0.1) is 10.8 Å². The lowest BCUT2D eigenvalue weighted by molar-refractivity contribution is 0.102. The van der Waals surface area contributed by atoms with Gasteiger partial charge >= 0.3 is 0 Å². The number of aromatic nitrogens is 1. The number of carbonyl (C=O) groups excluding carboxylic acids is 1. The van der Waals surface area contributed by atoms with E-state index in [1.165, 1.54) is 11.5 Å². The average Bonchev–Trinajstić information content (AvgIpc) is 2.37. The lowest BCUT2D eigenvalue weighted by atomic mass is 10.4. The van der Waals surface area contributed by atoms with Crippen molar-refractivity contribution in [2.75, 3.05) is 5.88 Å². The number of hydrogen-bond acceptors (Lipinski definition) is 3. The van der Waals surface area contributed by atoms with Gasteiger partial charge in [-0.3, -0.25) is 4.79 Å². The van der Waals surface area contributed by atoms with E-state index in [0.29, 0.717) is 4.88 Å². The highest BCUT2D eigenvalue weighted by molar-refractivity contribution is 7.08. The largest absolute Gasteiger partial charge is 0.292 e. The Labute approximate surface area is 61.6 Å². The molecule has 1 heterocycles. The van der Waals surface area contributed by atoms with E-state index in [-0.39, 0.29) is 11.7 Å². The quantitative estimate of drug-likeness (QED) is 0.487. The molecule has 0 spiro atoms. The van der Waals surface area contributed by atoms with Crippen LogP contribution in [-0.4, -0.2) is 16.0 Å². The Bertz CT molecular complexity index is 197. The average molecular weight is 162 g/mol. The summed E-state index contributed by atoms with van der Waals surface area (Å²) in [6.07, 6.45) is 1.59. The van der Waals surface area contributed by atoms with E-state index in [9.17, 15) is 4.79 Å². The fourth-order valence-electron chi connectivity index (χ4n) is 0.425. The van der Waals surface area contributed by atoms with Crippen molar-refractivity contribution >= 4 is 28.9 Å². The third-order valence-electron chi connectivity index (χ3n) is 0.834. The zero-order chi connectivity index (χ0) is 6.69. The van der Waals surface area contributed by atoms with E-state index >= 15 is 0 Å². The van der Waals surface area contributed by atoms with Crippen LogP contribution in [-0.2, 0) is 0 Å². The number of ketones is 1. The van der Waals surface area contributed by atoms with Crippen LogP contribution >= 0.6 is 23.1 Å². The van der Waals surface area contributed by atoms with Crippen LogP contribution in [0.15, 0.2) is 12.3 Å². The van der Waals surface area contributed by atoms with Gasteiger partial charge in [-0.25, -0.2) is 4.37 Å². The Balaban J connectivity index is 2.77. The number of hydrogen-bond donors (Lipinski definition) is 0. The summed E-state index contributed by atoms with van der Waals surface area (Å²) in [4.78, 5) is 11.3. The van der Waals surface area contributed by atoms with Gasteiger partial charge in [0.25, 0.3) is 0 Å². The van der Waals surface area contributed by atoms with Crippen LogP contribution in [0, 0.1) is 0 Å². The van der Waals surface area contributed by atoms with Crippen LogP contribution in [0.5, 0.6) is 0 Å². The summed E-state index contributed by atoms with van der Waals surface area (Å²) >= 11 is 6.44. The molecule has 0 atom stereocenters. The molecule has 4 heteroatoms. The Morgan fingerprint density at radius 1 is 1.89 bits per heavy atom. The highest BCUT2D eigenvalue weighted by atomic mass is 35.5. The molecule has 0 aliphatic carbocycles. The second-order valence-electron chi connectivity index (χ2n) is 1.43. The molecule has 0 radical (unpaired) electrons. The van der Waals surface area contributed by atoms with Gasteiger partial charge in [0, 0.05) is 6.20 Å². The summed E-state index contributed by atoms with van der Waals surface area (Å²) in [6, 6.07) is 1.66. The maximum atomic E-state index is 10.7. The van der Waals surface area contributed by atoms with Crippen molar-refractivity contribution in [3.05, 3.63) is 17.1 Å². The van der Waals surface area contributed by atoms with Crippen molar-refractivity contribution in [1.82, 2.24) is 4.37 Å². The fourth-order valence-corrected chi connectivity index (χ4v) is 1.18. The van der Waals surface area contributed by atoms with Gasteiger partial charge in [0.15, 0.2) is 5.78 Å². The normalized spacial score (nSPS) is 9.44. The summed E-state index contributed by atoms with van der Waals surface area (Å²) in [5, 5.41) is 0. The third-order valence-corrected chi connectivity index (χ3v) is 1.86. The molecule has 0 fully saturated rings. The number of halogens is 1. The number of alkyl halides is 1. The predicted octanol–water partition coefficient (Wildman–Crippen LogP) is 1.56. The summed E-state index contributed by atoms with van der Waals surface area (Å²) < 4.78 is 3.75. The first-order valence-corrected chi connectivity index (χ1v) is 3.65. The first-order valence-electron chi connectivity index (χ1n) is 2.34. The molecule has 0 saturated carbocycles. The van der Waals surface area contributed by atoms with Gasteiger partial charge in [-0.2, -0.15) is 0 Å². The molecule has 0 saturated heterocycles. The summed E-state index contributed by atoms with van der Waals surface area (Å²) in [5.41, 5.74) is 0. The zero-order valence-electron chi connectivity index (χ0n) is 4.50. The monoisotopic (exact) mass is 161 g/mol. The molecule has 9 heavy (non-hydrogen) atoms. The fraction of sp³-hybridized carbons (Fsp3) is 0.200. The van der Waals surface area contributed by atoms with Gasteiger partial charge in [0.2, 0.25) is 0 Å². The number of nitrogens with zero attached hydrogens (tertiary/aromatic N) is 1. The van der Waals surface area contributed by atoms with E-state index in [1.807, 2.05) is 0 Å². The second-order valence-corrected chi connectivity index (χ2v) is 2.53. The van der Waals surface area contributed by atoms with Crippen LogP contribution in [0.4, 0.5) is 0 Å². The van der Waals surface area contributed by atoms with E-state index in [2.05, 4.69) is 4.37 Å². The summed E-state index contributed by atoms with van der Waals surface area (Å²) in [6.45, 7) is 0. The van der Waals surface area contributed by atoms with E-state index in [1.54, 1.807) is 12.3 Å². The lowest BCUT2D eigenvalue weighted by Gasteiger charge is -1.83. The minimum absolute atomic E-state index is 0.0438. The molecule has 0 unspecified atom stereocenters. The molecule has 1 aromatic rings. The van der Waals surface area contributed by atoms with E-state index in [0.717, 1.165) is 0 Å². The molecular weight excluding hydrogens is 158 g/mol. The molecule has 0 bridgehead atoms. The SMILES string of the molecule is O=C(CCl)c1ccns1. The predicted molar refractivity (Wildman–Crippen MR) is 37.2 cm³/mol. The summed E-state index contributed by atoms with van der Waals surface area (Å²) in [5.74, 6) is -0.0125. The topological polar surface area (TPSA) is 30.0 Å². The van der Waals surface area contributed by atoms with Crippen molar-refractivity contribution in [2.45, 2.75) is 0 Å². The second kappa shape index (κ2) is 2.94. The number of rotatable bonds is 2. The van der Waals surface area contributed by atoms with E-state index in [4.69, 9.17) is 11.6 Å². The summed E-state index contributed by atoms with van der Waals surface area (Å²) in [7, 11) is 0. The molecule has 0 aliphatic rings. The molecular formula is C5H4ClNOS. The van der Waals surface area contributed by atoms with E-state index < -0.39 is 0 Å². The van der Waals surface area contributed by atoms with Crippen LogP contribution < -0.4 is 0 Å². The van der Waals surface area contributed by atoms with Gasteiger partial charge in [-0.05, 0) is 17.6 Å². The Morgan fingerprint density at radius 2 is 2.67 bits per heavy atom. The minimum atomic E-state index is -0.0563. The van der Waals surface area contributed by atoms with Crippen molar-refractivity contribution in [3.63, 3.8) is 0 Å². The molecule has 1 rings (SSSR count). The smallest absolute Gasteiger partial charge is 0.189 e. The first-order chi connectivity index (χ1) is 4.34. The molecule has 0 amide bonds. The third kappa shape index (κ3) is 1.50. The maximum absolute atomic E-state index is 10.7. The van der Waals surface area contributed by atoms with Gasteiger partial charge in [-0.1, -0.05) is 0 Å². The van der Waals surface area contributed by atoms with Gasteiger partial charge < -0.3 is 0 Å². The number of carbonyl (C=O) groups is 1. The molecule has 1 aromatic heterocycles. The highest BCUT2D eigenvalue weighted by Crippen LogP contribution is 2.05. The minimum Gasteiger partial charge on any atom is -0.292 e. The van der Waals surface area contributed by atoms with Gasteiger partial charge in [-0.15, -0.1) is 11.6 Å². The molecule has 0 N–H and O–H groups in total. The lowest BCUT2D eigenvalue weighted by Crippen LogP contribution is -1.95. The standard InChI is InChI=1S/C5H4ClNOS/c6-3-4(8)5-1-2-7-9-5/h1-2H,3H2. The Morgan fingerprint density at radius 3 is 3.11 bits per heavy atom. The zero-order valence-corrected chi connectivity index (χ0v) is 6.08. The van der Waals surface area contributed by atoms with Crippen LogP contribution in [0.3, 0.4) is 0 Å². The Kier molecular flexibility index (Phi) is 2.19. The van der Waals surface area contributed by atoms with Crippen LogP contribution in [0.2, 0.25) is 0 Å². The molecule has 0 aromatic carbocycles. The first kappa shape index (κ1) is 6.71. The van der Waals surface area contributed by atoms with Crippen molar-refractivity contribution in [3.8, 4) is 0 Å².